The summed E-state index contributed by atoms with van der Waals surface area (Å²) in [5.41, 5.74) is 1.63. The molecule has 0 aliphatic carbocycles. The third-order valence-corrected chi connectivity index (χ3v) is 2.69. The second kappa shape index (κ2) is 3.30. The summed E-state index contributed by atoms with van der Waals surface area (Å²) in [4.78, 5) is 0. The highest BCUT2D eigenvalue weighted by molar-refractivity contribution is 5.58. The second-order valence-electron chi connectivity index (χ2n) is 3.62. The Morgan fingerprint density at radius 1 is 1.57 bits per heavy atom. The van der Waals surface area contributed by atoms with Crippen LogP contribution in [0.15, 0.2) is 12.1 Å². The third-order valence-electron chi connectivity index (χ3n) is 2.69. The maximum Gasteiger partial charge on any atom is 0.146 e. The van der Waals surface area contributed by atoms with E-state index in [4.69, 9.17) is 5.26 Å². The second-order valence-corrected chi connectivity index (χ2v) is 3.62. The molecule has 0 aromatic heterocycles. The van der Waals surface area contributed by atoms with Crippen molar-refractivity contribution in [2.75, 3.05) is 11.9 Å². The van der Waals surface area contributed by atoms with Gasteiger partial charge in [0.05, 0.1) is 5.56 Å². The van der Waals surface area contributed by atoms with Gasteiger partial charge in [0.2, 0.25) is 0 Å². The number of halogens is 1. The minimum absolute atomic E-state index is 0.138. The summed E-state index contributed by atoms with van der Waals surface area (Å²) in [6, 6.07) is 5.17. The predicted molar refractivity (Wildman–Crippen MR) is 52.6 cm³/mol. The monoisotopic (exact) mass is 190 g/mol. The molecule has 0 bridgehead atoms. The quantitative estimate of drug-likeness (QED) is 0.682. The number of anilines is 1. The van der Waals surface area contributed by atoms with Crippen molar-refractivity contribution in [2.24, 2.45) is 0 Å². The molecule has 0 spiro atoms. The van der Waals surface area contributed by atoms with Crippen LogP contribution in [-0.4, -0.2) is 6.54 Å². The molecule has 14 heavy (non-hydrogen) atoms. The van der Waals surface area contributed by atoms with E-state index in [0.717, 1.165) is 18.7 Å². The van der Waals surface area contributed by atoms with E-state index in [9.17, 15) is 4.39 Å². The van der Waals surface area contributed by atoms with Crippen molar-refractivity contribution >= 4 is 5.69 Å². The molecule has 0 amide bonds. The first kappa shape index (κ1) is 9.01. The van der Waals surface area contributed by atoms with E-state index in [-0.39, 0.29) is 17.3 Å². The minimum atomic E-state index is -0.357. The Hall–Kier alpha value is -1.56. The summed E-state index contributed by atoms with van der Waals surface area (Å²) in [5, 5.41) is 11.8. The number of nitrogens with zero attached hydrogens (tertiary/aromatic N) is 1. The molecule has 2 nitrogen and oxygen atoms in total. The van der Waals surface area contributed by atoms with E-state index in [0.29, 0.717) is 5.56 Å². The SMILES string of the molecule is CC1CCNc2ccc(C#N)c(F)c21. The molecule has 1 aromatic rings. The van der Waals surface area contributed by atoms with Gasteiger partial charge in [-0.1, -0.05) is 6.92 Å². The molecule has 3 heteroatoms. The predicted octanol–water partition coefficient (Wildman–Crippen LogP) is 2.62. The highest BCUT2D eigenvalue weighted by atomic mass is 19.1. The maximum absolute atomic E-state index is 13.7. The van der Waals surface area contributed by atoms with Crippen molar-refractivity contribution in [1.29, 1.82) is 5.26 Å². The lowest BCUT2D eigenvalue weighted by atomic mass is 9.91. The standard InChI is InChI=1S/C11H11FN2/c1-7-4-5-14-9-3-2-8(6-13)11(12)10(7)9/h2-3,7,14H,4-5H2,1H3. The first-order valence-corrected chi connectivity index (χ1v) is 4.70. The Kier molecular flexibility index (Phi) is 2.12. The first-order chi connectivity index (χ1) is 6.74. The minimum Gasteiger partial charge on any atom is -0.385 e. The lowest BCUT2D eigenvalue weighted by Gasteiger charge is -2.24. The van der Waals surface area contributed by atoms with E-state index in [1.807, 2.05) is 13.0 Å². The smallest absolute Gasteiger partial charge is 0.146 e. The number of fused-ring (bicyclic) bond motifs is 1. The van der Waals surface area contributed by atoms with Crippen LogP contribution in [-0.2, 0) is 0 Å². The molecule has 1 N–H and O–H groups in total. The molecule has 1 aliphatic rings. The van der Waals surface area contributed by atoms with E-state index >= 15 is 0 Å². The lowest BCUT2D eigenvalue weighted by molar-refractivity contribution is 0.569. The molecule has 0 saturated heterocycles. The van der Waals surface area contributed by atoms with Gasteiger partial charge in [0, 0.05) is 17.8 Å². The zero-order chi connectivity index (χ0) is 10.1. The topological polar surface area (TPSA) is 35.8 Å². The zero-order valence-corrected chi connectivity index (χ0v) is 7.97. The lowest BCUT2D eigenvalue weighted by Crippen LogP contribution is -2.16. The molecule has 1 aromatic carbocycles. The molecule has 1 unspecified atom stereocenters. The Bertz CT molecular complexity index is 406. The van der Waals surface area contributed by atoms with Gasteiger partial charge in [0.15, 0.2) is 0 Å². The Morgan fingerprint density at radius 2 is 2.36 bits per heavy atom. The van der Waals surface area contributed by atoms with Crippen LogP contribution < -0.4 is 5.32 Å². The highest BCUT2D eigenvalue weighted by Gasteiger charge is 2.21. The molecule has 2 rings (SSSR count). The van der Waals surface area contributed by atoms with Crippen LogP contribution in [0.3, 0.4) is 0 Å². The van der Waals surface area contributed by atoms with E-state index in [2.05, 4.69) is 5.32 Å². The van der Waals surface area contributed by atoms with E-state index in [1.165, 1.54) is 6.07 Å². The van der Waals surface area contributed by atoms with Crippen LogP contribution in [0.5, 0.6) is 0 Å². The number of hydrogen-bond acceptors (Lipinski definition) is 2. The van der Waals surface area contributed by atoms with E-state index < -0.39 is 0 Å². The molecule has 1 heterocycles. The average Bonchev–Trinajstić information content (AvgIpc) is 2.18. The molecular formula is C11H11FN2. The number of benzene rings is 1. The molecular weight excluding hydrogens is 179 g/mol. The molecule has 0 saturated carbocycles. The number of hydrogen-bond donors (Lipinski definition) is 1. The molecule has 1 aliphatic heterocycles. The molecule has 0 radical (unpaired) electrons. The Balaban J connectivity index is 2.61. The summed E-state index contributed by atoms with van der Waals surface area (Å²) in [5.74, 6) is -0.163. The van der Waals surface area contributed by atoms with Crippen molar-refractivity contribution in [3.8, 4) is 6.07 Å². The van der Waals surface area contributed by atoms with Gasteiger partial charge < -0.3 is 5.32 Å². The van der Waals surface area contributed by atoms with Gasteiger partial charge in [-0.15, -0.1) is 0 Å². The van der Waals surface area contributed by atoms with Gasteiger partial charge in [-0.25, -0.2) is 4.39 Å². The highest BCUT2D eigenvalue weighted by Crippen LogP contribution is 2.34. The molecule has 1 atom stereocenters. The van der Waals surface area contributed by atoms with Crippen molar-refractivity contribution < 1.29 is 4.39 Å². The Labute approximate surface area is 82.4 Å². The number of nitrogens with one attached hydrogen (secondary N) is 1. The van der Waals surface area contributed by atoms with Crippen molar-refractivity contribution in [1.82, 2.24) is 0 Å². The largest absolute Gasteiger partial charge is 0.385 e. The van der Waals surface area contributed by atoms with Crippen LogP contribution in [0.1, 0.15) is 30.4 Å². The Morgan fingerprint density at radius 3 is 3.07 bits per heavy atom. The van der Waals surface area contributed by atoms with E-state index in [1.54, 1.807) is 6.07 Å². The summed E-state index contributed by atoms with van der Waals surface area (Å²) >= 11 is 0. The van der Waals surface area contributed by atoms with Crippen LogP contribution in [0.2, 0.25) is 0 Å². The van der Waals surface area contributed by atoms with Gasteiger partial charge in [0.1, 0.15) is 11.9 Å². The van der Waals surface area contributed by atoms with Gasteiger partial charge in [0.25, 0.3) is 0 Å². The third kappa shape index (κ3) is 1.24. The fraction of sp³-hybridized carbons (Fsp3) is 0.364. The fourth-order valence-corrected chi connectivity index (χ4v) is 1.88. The van der Waals surface area contributed by atoms with Gasteiger partial charge in [-0.05, 0) is 24.5 Å². The van der Waals surface area contributed by atoms with Crippen molar-refractivity contribution in [3.05, 3.63) is 29.1 Å². The van der Waals surface area contributed by atoms with Crippen LogP contribution in [0, 0.1) is 17.1 Å². The fourth-order valence-electron chi connectivity index (χ4n) is 1.88. The van der Waals surface area contributed by atoms with Crippen LogP contribution >= 0.6 is 0 Å². The summed E-state index contributed by atoms with van der Waals surface area (Å²) in [6.45, 7) is 2.86. The van der Waals surface area contributed by atoms with Crippen molar-refractivity contribution in [3.63, 3.8) is 0 Å². The van der Waals surface area contributed by atoms with Gasteiger partial charge >= 0.3 is 0 Å². The van der Waals surface area contributed by atoms with Gasteiger partial charge in [-0.2, -0.15) is 5.26 Å². The van der Waals surface area contributed by atoms with Crippen molar-refractivity contribution in [2.45, 2.75) is 19.3 Å². The zero-order valence-electron chi connectivity index (χ0n) is 7.97. The first-order valence-electron chi connectivity index (χ1n) is 4.70. The van der Waals surface area contributed by atoms with Crippen LogP contribution in [0.25, 0.3) is 0 Å². The summed E-state index contributed by atoms with van der Waals surface area (Å²) in [7, 11) is 0. The number of rotatable bonds is 0. The normalized spacial score (nSPS) is 19.4. The summed E-state index contributed by atoms with van der Waals surface area (Å²) < 4.78 is 13.7. The molecule has 72 valence electrons. The summed E-state index contributed by atoms with van der Waals surface area (Å²) in [6.07, 6.45) is 0.915. The van der Waals surface area contributed by atoms with Gasteiger partial charge in [-0.3, -0.25) is 0 Å². The number of nitriles is 1. The maximum atomic E-state index is 13.7. The average molecular weight is 190 g/mol. The van der Waals surface area contributed by atoms with Crippen LogP contribution in [0.4, 0.5) is 10.1 Å². The molecule has 0 fully saturated rings.